The van der Waals surface area contributed by atoms with Crippen LogP contribution in [-0.4, -0.2) is 28.8 Å². The van der Waals surface area contributed by atoms with Gasteiger partial charge >= 0.3 is 0 Å². The van der Waals surface area contributed by atoms with Crippen molar-refractivity contribution in [1.82, 2.24) is 10.2 Å². The summed E-state index contributed by atoms with van der Waals surface area (Å²) in [5.41, 5.74) is 1.72. The van der Waals surface area contributed by atoms with Crippen LogP contribution in [-0.2, 0) is 22.6 Å². The highest BCUT2D eigenvalue weighted by Crippen LogP contribution is 2.24. The van der Waals surface area contributed by atoms with Crippen molar-refractivity contribution in [2.75, 3.05) is 0 Å². The maximum absolute atomic E-state index is 13.3. The largest absolute Gasteiger partial charge is 0.352 e. The zero-order chi connectivity index (χ0) is 22.4. The highest BCUT2D eigenvalue weighted by molar-refractivity contribution is 9.10. The second-order valence-corrected chi connectivity index (χ2v) is 9.83. The number of halogens is 3. The predicted octanol–water partition coefficient (Wildman–Crippen LogP) is 6.16. The van der Waals surface area contributed by atoms with E-state index < -0.39 is 6.04 Å². The Morgan fingerprint density at radius 2 is 1.81 bits per heavy atom. The number of amides is 2. The van der Waals surface area contributed by atoms with Crippen LogP contribution < -0.4 is 5.32 Å². The van der Waals surface area contributed by atoms with E-state index in [0.717, 1.165) is 41.3 Å². The number of hydrogen-bond acceptors (Lipinski definition) is 2. The van der Waals surface area contributed by atoms with Gasteiger partial charge in [0.2, 0.25) is 11.8 Å². The van der Waals surface area contributed by atoms with E-state index in [4.69, 9.17) is 23.2 Å². The summed E-state index contributed by atoms with van der Waals surface area (Å²) >= 11 is 15.6. The molecule has 1 aliphatic rings. The van der Waals surface area contributed by atoms with Crippen LogP contribution in [0.3, 0.4) is 0 Å². The van der Waals surface area contributed by atoms with Crippen molar-refractivity contribution in [3.8, 4) is 0 Å². The van der Waals surface area contributed by atoms with Crippen molar-refractivity contribution in [2.24, 2.45) is 0 Å². The Kier molecular flexibility index (Phi) is 8.82. The molecule has 31 heavy (non-hydrogen) atoms. The zero-order valence-corrected chi connectivity index (χ0v) is 20.6. The molecule has 7 heteroatoms. The van der Waals surface area contributed by atoms with Crippen LogP contribution in [0.15, 0.2) is 46.9 Å². The third-order valence-corrected chi connectivity index (χ3v) is 6.93. The van der Waals surface area contributed by atoms with Crippen LogP contribution in [0.25, 0.3) is 0 Å². The van der Waals surface area contributed by atoms with Gasteiger partial charge in [0.15, 0.2) is 0 Å². The summed E-state index contributed by atoms with van der Waals surface area (Å²) in [7, 11) is 0. The van der Waals surface area contributed by atoms with Gasteiger partial charge in [-0.1, -0.05) is 76.6 Å². The van der Waals surface area contributed by atoms with E-state index in [1.165, 1.54) is 6.42 Å². The quantitative estimate of drug-likeness (QED) is 0.470. The summed E-state index contributed by atoms with van der Waals surface area (Å²) in [6.07, 6.45) is 5.64. The SMILES string of the molecule is C[C@H](C(=O)NC1CCCCC1)N(Cc1cccc(Br)c1)C(=O)Cc1ccc(Cl)c(Cl)c1. The first-order valence-electron chi connectivity index (χ1n) is 10.6. The molecule has 0 bridgehead atoms. The number of carbonyl (C=O) groups excluding carboxylic acids is 2. The Morgan fingerprint density at radius 3 is 2.48 bits per heavy atom. The molecule has 1 N–H and O–H groups in total. The van der Waals surface area contributed by atoms with Crippen LogP contribution in [0.1, 0.15) is 50.2 Å². The molecule has 0 saturated heterocycles. The number of benzene rings is 2. The van der Waals surface area contributed by atoms with E-state index in [2.05, 4.69) is 21.2 Å². The van der Waals surface area contributed by atoms with Gasteiger partial charge in [-0.05, 0) is 55.2 Å². The minimum atomic E-state index is -0.587. The molecule has 1 fully saturated rings. The zero-order valence-electron chi connectivity index (χ0n) is 17.5. The predicted molar refractivity (Wildman–Crippen MR) is 129 cm³/mol. The highest BCUT2D eigenvalue weighted by Gasteiger charge is 2.28. The Labute approximate surface area is 202 Å². The van der Waals surface area contributed by atoms with E-state index in [1.54, 1.807) is 30.0 Å². The van der Waals surface area contributed by atoms with Gasteiger partial charge in [-0.15, -0.1) is 0 Å². The summed E-state index contributed by atoms with van der Waals surface area (Å²) in [6.45, 7) is 2.14. The Balaban J connectivity index is 1.77. The molecule has 2 aromatic carbocycles. The smallest absolute Gasteiger partial charge is 0.242 e. The van der Waals surface area contributed by atoms with E-state index >= 15 is 0 Å². The van der Waals surface area contributed by atoms with Crippen molar-refractivity contribution in [3.05, 3.63) is 68.1 Å². The minimum absolute atomic E-state index is 0.107. The van der Waals surface area contributed by atoms with Gasteiger partial charge in [-0.25, -0.2) is 0 Å². The lowest BCUT2D eigenvalue weighted by atomic mass is 9.95. The first-order valence-corrected chi connectivity index (χ1v) is 12.2. The highest BCUT2D eigenvalue weighted by atomic mass is 79.9. The molecule has 1 atom stereocenters. The molecule has 2 aromatic rings. The topological polar surface area (TPSA) is 49.4 Å². The fraction of sp³-hybridized carbons (Fsp3) is 0.417. The molecular weight excluding hydrogens is 499 g/mol. The van der Waals surface area contributed by atoms with Crippen LogP contribution >= 0.6 is 39.1 Å². The molecule has 0 unspecified atom stereocenters. The number of carbonyl (C=O) groups is 2. The van der Waals surface area contributed by atoms with Crippen molar-refractivity contribution in [2.45, 2.75) is 64.1 Å². The summed E-state index contributed by atoms with van der Waals surface area (Å²) in [4.78, 5) is 27.9. The van der Waals surface area contributed by atoms with Gasteiger partial charge < -0.3 is 10.2 Å². The fourth-order valence-corrected chi connectivity index (χ4v) is 4.68. The first kappa shape index (κ1) is 24.1. The van der Waals surface area contributed by atoms with E-state index in [1.807, 2.05) is 24.3 Å². The number of hydrogen-bond donors (Lipinski definition) is 1. The average molecular weight is 526 g/mol. The molecule has 1 aliphatic carbocycles. The van der Waals surface area contributed by atoms with Crippen LogP contribution in [0.4, 0.5) is 0 Å². The minimum Gasteiger partial charge on any atom is -0.352 e. The van der Waals surface area contributed by atoms with Gasteiger partial charge in [0.05, 0.1) is 16.5 Å². The second-order valence-electron chi connectivity index (χ2n) is 8.10. The third-order valence-electron chi connectivity index (χ3n) is 5.70. The van der Waals surface area contributed by atoms with Crippen molar-refractivity contribution in [3.63, 3.8) is 0 Å². The summed E-state index contributed by atoms with van der Waals surface area (Å²) in [5, 5.41) is 4.01. The number of rotatable bonds is 7. The van der Waals surface area contributed by atoms with Gasteiger partial charge in [0, 0.05) is 17.1 Å². The molecule has 0 aromatic heterocycles. The molecule has 0 heterocycles. The first-order chi connectivity index (χ1) is 14.8. The summed E-state index contributed by atoms with van der Waals surface area (Å²) in [5.74, 6) is -0.242. The lowest BCUT2D eigenvalue weighted by molar-refractivity contribution is -0.140. The fourth-order valence-electron chi connectivity index (χ4n) is 3.91. The van der Waals surface area contributed by atoms with E-state index in [9.17, 15) is 9.59 Å². The number of nitrogens with one attached hydrogen (secondary N) is 1. The van der Waals surface area contributed by atoms with Crippen LogP contribution in [0.5, 0.6) is 0 Å². The number of nitrogens with zero attached hydrogens (tertiary/aromatic N) is 1. The Morgan fingerprint density at radius 1 is 1.06 bits per heavy atom. The lowest BCUT2D eigenvalue weighted by Gasteiger charge is -2.31. The Bertz CT molecular complexity index is 932. The van der Waals surface area contributed by atoms with Crippen molar-refractivity contribution >= 4 is 50.9 Å². The molecule has 0 aliphatic heterocycles. The van der Waals surface area contributed by atoms with Crippen LogP contribution in [0, 0.1) is 0 Å². The molecule has 1 saturated carbocycles. The molecule has 166 valence electrons. The van der Waals surface area contributed by atoms with E-state index in [0.29, 0.717) is 16.6 Å². The monoisotopic (exact) mass is 524 g/mol. The average Bonchev–Trinajstić information content (AvgIpc) is 2.75. The maximum Gasteiger partial charge on any atom is 0.242 e. The summed E-state index contributed by atoms with van der Waals surface area (Å²) in [6, 6.07) is 12.6. The summed E-state index contributed by atoms with van der Waals surface area (Å²) < 4.78 is 0.932. The third kappa shape index (κ3) is 6.96. The van der Waals surface area contributed by atoms with Crippen molar-refractivity contribution in [1.29, 1.82) is 0 Å². The Hall–Kier alpha value is -1.56. The molecule has 3 rings (SSSR count). The second kappa shape index (κ2) is 11.3. The van der Waals surface area contributed by atoms with Crippen molar-refractivity contribution < 1.29 is 9.59 Å². The van der Waals surface area contributed by atoms with Crippen LogP contribution in [0.2, 0.25) is 10.0 Å². The van der Waals surface area contributed by atoms with Gasteiger partial charge in [-0.2, -0.15) is 0 Å². The lowest BCUT2D eigenvalue weighted by Crippen LogP contribution is -2.50. The molecule has 4 nitrogen and oxygen atoms in total. The molecule has 2 amide bonds. The van der Waals surface area contributed by atoms with Gasteiger partial charge in [-0.3, -0.25) is 9.59 Å². The van der Waals surface area contributed by atoms with Gasteiger partial charge in [0.25, 0.3) is 0 Å². The normalized spacial score (nSPS) is 15.4. The standard InChI is InChI=1S/C24H27BrCl2N2O2/c1-16(24(31)28-20-8-3-2-4-9-20)29(15-18-6-5-7-19(25)12-18)23(30)14-17-10-11-21(26)22(27)13-17/h5-7,10-13,16,20H,2-4,8-9,14-15H2,1H3,(H,28,31)/t16-/m1/s1. The molecule has 0 spiro atoms. The molecular formula is C24H27BrCl2N2O2. The van der Waals surface area contributed by atoms with E-state index in [-0.39, 0.29) is 24.3 Å². The maximum atomic E-state index is 13.3. The molecule has 0 radical (unpaired) electrons. The van der Waals surface area contributed by atoms with Gasteiger partial charge in [0.1, 0.15) is 6.04 Å².